The first-order valence-electron chi connectivity index (χ1n) is 4.86. The van der Waals surface area contributed by atoms with Crippen molar-refractivity contribution in [1.29, 1.82) is 0 Å². The quantitative estimate of drug-likeness (QED) is 0.664. The number of benzene rings is 1. The van der Waals surface area contributed by atoms with Gasteiger partial charge in [0, 0.05) is 11.3 Å². The van der Waals surface area contributed by atoms with Crippen LogP contribution in [0.1, 0.15) is 18.9 Å². The van der Waals surface area contributed by atoms with E-state index in [9.17, 15) is 0 Å². The zero-order valence-electron chi connectivity index (χ0n) is 8.01. The summed E-state index contributed by atoms with van der Waals surface area (Å²) in [4.78, 5) is -0.385. The number of halogens is 1. The number of nitrogens with one attached hydrogen (secondary N) is 1. The van der Waals surface area contributed by atoms with Crippen molar-refractivity contribution in [2.75, 3.05) is 11.9 Å². The number of rotatable bonds is 0. The Morgan fingerprint density at radius 1 is 1.43 bits per heavy atom. The number of hydrogen-bond donors (Lipinski definition) is 1. The zero-order chi connectivity index (χ0) is 9.81. The van der Waals surface area contributed by atoms with E-state index in [4.69, 9.17) is 16.3 Å². The van der Waals surface area contributed by atoms with E-state index < -0.39 is 5.72 Å². The smallest absolute Gasteiger partial charge is 0.159 e. The van der Waals surface area contributed by atoms with Crippen molar-refractivity contribution in [1.82, 2.24) is 0 Å². The molecule has 0 spiro atoms. The largest absolute Gasteiger partial charge is 0.356 e. The van der Waals surface area contributed by atoms with Crippen LogP contribution in [0.15, 0.2) is 24.3 Å². The molecule has 2 aliphatic heterocycles. The van der Waals surface area contributed by atoms with Crippen LogP contribution in [-0.4, -0.2) is 12.3 Å². The van der Waals surface area contributed by atoms with E-state index in [1.165, 1.54) is 5.56 Å². The second-order valence-corrected chi connectivity index (χ2v) is 4.75. The van der Waals surface area contributed by atoms with Gasteiger partial charge in [0.05, 0.1) is 6.61 Å². The van der Waals surface area contributed by atoms with Gasteiger partial charge in [0.1, 0.15) is 4.87 Å². The zero-order valence-corrected chi connectivity index (χ0v) is 8.77. The van der Waals surface area contributed by atoms with Gasteiger partial charge in [-0.2, -0.15) is 0 Å². The van der Waals surface area contributed by atoms with Crippen molar-refractivity contribution in [2.45, 2.75) is 23.9 Å². The van der Waals surface area contributed by atoms with Gasteiger partial charge in [0.2, 0.25) is 0 Å². The Morgan fingerprint density at radius 3 is 3.07 bits per heavy atom. The predicted octanol–water partition coefficient (Wildman–Crippen LogP) is 2.68. The highest BCUT2D eigenvalue weighted by Gasteiger charge is 2.58. The third-order valence-electron chi connectivity index (χ3n) is 3.32. The van der Waals surface area contributed by atoms with Crippen LogP contribution in [0.25, 0.3) is 0 Å². The number of fused-ring (bicyclic) bond motifs is 3. The highest BCUT2D eigenvalue weighted by atomic mass is 35.5. The fourth-order valence-electron chi connectivity index (χ4n) is 2.47. The van der Waals surface area contributed by atoms with E-state index in [0.29, 0.717) is 0 Å². The molecule has 0 aromatic heterocycles. The molecule has 3 rings (SSSR count). The minimum Gasteiger partial charge on any atom is -0.356 e. The minimum atomic E-state index is -0.432. The van der Waals surface area contributed by atoms with E-state index >= 15 is 0 Å². The summed E-state index contributed by atoms with van der Waals surface area (Å²) in [5, 5.41) is 3.36. The first kappa shape index (κ1) is 8.57. The highest BCUT2D eigenvalue weighted by Crippen LogP contribution is 2.56. The van der Waals surface area contributed by atoms with Crippen LogP contribution >= 0.6 is 11.6 Å². The molecule has 0 saturated carbocycles. The average molecular weight is 210 g/mol. The van der Waals surface area contributed by atoms with Gasteiger partial charge < -0.3 is 10.1 Å². The first-order valence-corrected chi connectivity index (χ1v) is 5.24. The summed E-state index contributed by atoms with van der Waals surface area (Å²) in [5.41, 5.74) is 1.84. The van der Waals surface area contributed by atoms with Gasteiger partial charge in [0.25, 0.3) is 0 Å². The maximum Gasteiger partial charge on any atom is 0.159 e. The Bertz CT molecular complexity index is 395. The van der Waals surface area contributed by atoms with E-state index in [1.54, 1.807) is 0 Å². The van der Waals surface area contributed by atoms with E-state index in [2.05, 4.69) is 11.4 Å². The molecule has 1 fully saturated rings. The Balaban J connectivity index is 2.22. The van der Waals surface area contributed by atoms with Gasteiger partial charge >= 0.3 is 0 Å². The summed E-state index contributed by atoms with van der Waals surface area (Å²) in [6.45, 7) is 2.74. The molecule has 1 aromatic carbocycles. The molecule has 2 atom stereocenters. The number of hydrogen-bond acceptors (Lipinski definition) is 2. The monoisotopic (exact) mass is 209 g/mol. The molecule has 0 bridgehead atoms. The summed E-state index contributed by atoms with van der Waals surface area (Å²) >= 11 is 6.65. The van der Waals surface area contributed by atoms with E-state index in [1.807, 2.05) is 25.1 Å². The van der Waals surface area contributed by atoms with Gasteiger partial charge in [-0.3, -0.25) is 0 Å². The Hall–Kier alpha value is -0.730. The summed E-state index contributed by atoms with van der Waals surface area (Å²) in [6, 6.07) is 8.16. The van der Waals surface area contributed by atoms with E-state index in [-0.39, 0.29) is 4.87 Å². The second kappa shape index (κ2) is 2.44. The SMILES string of the molecule is CC12Nc3ccccc3C1(Cl)CCO2. The van der Waals surface area contributed by atoms with Gasteiger partial charge in [-0.1, -0.05) is 18.2 Å². The molecular formula is C11H12ClNO. The van der Waals surface area contributed by atoms with Crippen molar-refractivity contribution < 1.29 is 4.74 Å². The minimum absolute atomic E-state index is 0.385. The molecular weight excluding hydrogens is 198 g/mol. The van der Waals surface area contributed by atoms with Crippen LogP contribution in [-0.2, 0) is 9.61 Å². The first-order chi connectivity index (χ1) is 6.66. The summed E-state index contributed by atoms with van der Waals surface area (Å²) in [5.74, 6) is 0. The van der Waals surface area contributed by atoms with Crippen molar-refractivity contribution in [3.05, 3.63) is 29.8 Å². The molecule has 0 amide bonds. The maximum absolute atomic E-state index is 6.65. The maximum atomic E-state index is 6.65. The summed E-state index contributed by atoms with van der Waals surface area (Å²) in [7, 11) is 0. The molecule has 0 aliphatic carbocycles. The van der Waals surface area contributed by atoms with Gasteiger partial charge in [0.15, 0.2) is 5.72 Å². The molecule has 0 radical (unpaired) electrons. The molecule has 2 nitrogen and oxygen atoms in total. The molecule has 1 aromatic rings. The van der Waals surface area contributed by atoms with Crippen LogP contribution in [0.5, 0.6) is 0 Å². The van der Waals surface area contributed by atoms with Crippen LogP contribution in [0, 0.1) is 0 Å². The molecule has 2 heterocycles. The van der Waals surface area contributed by atoms with Crippen LogP contribution in [0.2, 0.25) is 0 Å². The molecule has 2 unspecified atom stereocenters. The molecule has 1 N–H and O–H groups in total. The fourth-order valence-corrected chi connectivity index (χ4v) is 2.81. The van der Waals surface area contributed by atoms with Gasteiger partial charge in [-0.25, -0.2) is 0 Å². The van der Waals surface area contributed by atoms with Crippen molar-refractivity contribution in [3.63, 3.8) is 0 Å². The lowest BCUT2D eigenvalue weighted by atomic mass is 9.91. The van der Waals surface area contributed by atoms with Crippen LogP contribution < -0.4 is 5.32 Å². The fraction of sp³-hybridized carbons (Fsp3) is 0.455. The van der Waals surface area contributed by atoms with Crippen molar-refractivity contribution in [3.8, 4) is 0 Å². The van der Waals surface area contributed by atoms with Gasteiger partial charge in [-0.05, 0) is 19.4 Å². The van der Waals surface area contributed by atoms with E-state index in [0.717, 1.165) is 18.7 Å². The molecule has 14 heavy (non-hydrogen) atoms. The average Bonchev–Trinajstić information content (AvgIpc) is 2.54. The number of para-hydroxylation sites is 1. The Morgan fingerprint density at radius 2 is 2.21 bits per heavy atom. The van der Waals surface area contributed by atoms with Crippen LogP contribution in [0.4, 0.5) is 5.69 Å². The molecule has 2 aliphatic rings. The third-order valence-corrected chi connectivity index (χ3v) is 4.07. The van der Waals surface area contributed by atoms with Crippen molar-refractivity contribution >= 4 is 17.3 Å². The topological polar surface area (TPSA) is 21.3 Å². The third kappa shape index (κ3) is 0.812. The number of alkyl halides is 1. The van der Waals surface area contributed by atoms with Gasteiger partial charge in [-0.15, -0.1) is 11.6 Å². The Kier molecular flexibility index (Phi) is 1.49. The predicted molar refractivity (Wildman–Crippen MR) is 56.6 cm³/mol. The second-order valence-electron chi connectivity index (χ2n) is 4.10. The Labute approximate surface area is 88.2 Å². The molecule has 74 valence electrons. The molecule has 1 saturated heterocycles. The van der Waals surface area contributed by atoms with Crippen LogP contribution in [0.3, 0.4) is 0 Å². The highest BCUT2D eigenvalue weighted by molar-refractivity contribution is 6.26. The molecule has 3 heteroatoms. The lowest BCUT2D eigenvalue weighted by Gasteiger charge is -2.30. The lowest BCUT2D eigenvalue weighted by molar-refractivity contribution is 0.0324. The summed E-state index contributed by atoms with van der Waals surface area (Å²) in [6.07, 6.45) is 0.870. The standard InChI is InChI=1S/C11H12ClNO/c1-10-11(12,6-7-14-10)8-4-2-3-5-9(8)13-10/h2-5,13H,6-7H2,1H3. The summed E-state index contributed by atoms with van der Waals surface area (Å²) < 4.78 is 5.71. The lowest BCUT2D eigenvalue weighted by Crippen LogP contribution is -2.43. The number of ether oxygens (including phenoxy) is 1. The number of anilines is 1. The van der Waals surface area contributed by atoms with Crippen molar-refractivity contribution in [2.24, 2.45) is 0 Å². The normalized spacial score (nSPS) is 39.0.